The molecule has 21 heavy (non-hydrogen) atoms. The summed E-state index contributed by atoms with van der Waals surface area (Å²) in [6, 6.07) is 4.23. The van der Waals surface area contributed by atoms with E-state index in [-0.39, 0.29) is 17.8 Å². The van der Waals surface area contributed by atoms with Crippen LogP contribution in [-0.4, -0.2) is 62.6 Å². The quantitative estimate of drug-likeness (QED) is 0.888. The molecule has 2 rings (SSSR count). The number of hydrogen-bond donors (Lipinski definition) is 1. The van der Waals surface area contributed by atoms with Crippen LogP contribution in [0.25, 0.3) is 0 Å². The van der Waals surface area contributed by atoms with Crippen LogP contribution in [0.15, 0.2) is 18.2 Å². The zero-order valence-electron chi connectivity index (χ0n) is 12.7. The van der Waals surface area contributed by atoms with Crippen molar-refractivity contribution in [2.45, 2.75) is 12.6 Å². The van der Waals surface area contributed by atoms with Crippen molar-refractivity contribution < 1.29 is 13.9 Å². The number of rotatable bonds is 4. The number of ether oxygens (including phenoxy) is 1. The Labute approximate surface area is 124 Å². The number of nitrogens with one attached hydrogen (secondary N) is 1. The summed E-state index contributed by atoms with van der Waals surface area (Å²) in [7, 11) is 5.06. The number of methoxy groups -OCH3 is 1. The van der Waals surface area contributed by atoms with Gasteiger partial charge in [-0.1, -0.05) is 0 Å². The van der Waals surface area contributed by atoms with Crippen molar-refractivity contribution in [1.82, 2.24) is 15.1 Å². The average molecular weight is 295 g/mol. The minimum atomic E-state index is -0.295. The van der Waals surface area contributed by atoms with Gasteiger partial charge in [0.25, 0.3) is 0 Å². The Bertz CT molecular complexity index is 508. The van der Waals surface area contributed by atoms with Gasteiger partial charge in [-0.05, 0) is 18.2 Å². The van der Waals surface area contributed by atoms with Crippen molar-refractivity contribution in [3.63, 3.8) is 0 Å². The van der Waals surface area contributed by atoms with Gasteiger partial charge in [0.2, 0.25) is 5.91 Å². The van der Waals surface area contributed by atoms with E-state index in [1.165, 1.54) is 12.1 Å². The van der Waals surface area contributed by atoms with Gasteiger partial charge in [0, 0.05) is 45.8 Å². The van der Waals surface area contributed by atoms with Crippen molar-refractivity contribution in [3.05, 3.63) is 29.6 Å². The maximum atomic E-state index is 13.5. The van der Waals surface area contributed by atoms with Gasteiger partial charge in [-0.2, -0.15) is 0 Å². The maximum absolute atomic E-state index is 13.5. The second-order valence-electron chi connectivity index (χ2n) is 5.38. The normalized spacial score (nSPS) is 19.3. The topological polar surface area (TPSA) is 44.8 Å². The number of benzene rings is 1. The molecule has 1 unspecified atom stereocenters. The maximum Gasteiger partial charge on any atom is 0.240 e. The highest BCUT2D eigenvalue weighted by Crippen LogP contribution is 2.22. The van der Waals surface area contributed by atoms with E-state index in [4.69, 9.17) is 4.74 Å². The first-order chi connectivity index (χ1) is 10.0. The first kappa shape index (κ1) is 15.7. The Kier molecular flexibility index (Phi) is 5.14. The molecule has 1 aromatic rings. The SMILES string of the molecule is COc1ccc(F)cc1CN1CCNCC1C(=O)N(C)C. The Morgan fingerprint density at radius 3 is 2.95 bits per heavy atom. The highest BCUT2D eigenvalue weighted by Gasteiger charge is 2.30. The number of hydrogen-bond acceptors (Lipinski definition) is 4. The van der Waals surface area contributed by atoms with Crippen LogP contribution in [0.3, 0.4) is 0 Å². The fraction of sp³-hybridized carbons (Fsp3) is 0.533. The summed E-state index contributed by atoms with van der Waals surface area (Å²) in [5.74, 6) is 0.403. The standard InChI is InChI=1S/C15H22FN3O2/c1-18(2)15(20)13-9-17-6-7-19(13)10-11-8-12(16)4-5-14(11)21-3/h4-5,8,13,17H,6-7,9-10H2,1-3H3. The summed E-state index contributed by atoms with van der Waals surface area (Å²) in [4.78, 5) is 15.9. The minimum Gasteiger partial charge on any atom is -0.496 e. The van der Waals surface area contributed by atoms with Gasteiger partial charge in [0.15, 0.2) is 0 Å². The molecule has 0 saturated carbocycles. The number of piperazine rings is 1. The summed E-state index contributed by atoms with van der Waals surface area (Å²) >= 11 is 0. The lowest BCUT2D eigenvalue weighted by molar-refractivity contribution is -0.135. The molecule has 1 aliphatic heterocycles. The summed E-state index contributed by atoms with van der Waals surface area (Å²) in [5, 5.41) is 3.23. The highest BCUT2D eigenvalue weighted by atomic mass is 19.1. The Balaban J connectivity index is 2.19. The molecule has 0 bridgehead atoms. The van der Waals surface area contributed by atoms with Crippen LogP contribution < -0.4 is 10.1 Å². The number of amides is 1. The molecule has 0 radical (unpaired) electrons. The van der Waals surface area contributed by atoms with Gasteiger partial charge >= 0.3 is 0 Å². The largest absolute Gasteiger partial charge is 0.496 e. The first-order valence-corrected chi connectivity index (χ1v) is 7.01. The molecule has 1 heterocycles. The number of carbonyl (C=O) groups excluding carboxylic acids is 1. The van der Waals surface area contributed by atoms with Crippen LogP contribution in [-0.2, 0) is 11.3 Å². The van der Waals surface area contributed by atoms with E-state index in [2.05, 4.69) is 10.2 Å². The molecule has 0 spiro atoms. The monoisotopic (exact) mass is 295 g/mol. The molecular weight excluding hydrogens is 273 g/mol. The number of nitrogens with zero attached hydrogens (tertiary/aromatic N) is 2. The van der Waals surface area contributed by atoms with E-state index in [0.717, 1.165) is 18.7 Å². The fourth-order valence-electron chi connectivity index (χ4n) is 2.57. The highest BCUT2D eigenvalue weighted by molar-refractivity contribution is 5.81. The molecule has 1 atom stereocenters. The molecule has 1 amide bonds. The van der Waals surface area contributed by atoms with Crippen LogP contribution in [0.5, 0.6) is 5.75 Å². The van der Waals surface area contributed by atoms with E-state index in [1.807, 2.05) is 0 Å². The molecule has 1 aliphatic rings. The van der Waals surface area contributed by atoms with E-state index in [0.29, 0.717) is 18.8 Å². The Hall–Kier alpha value is -1.66. The molecular formula is C15H22FN3O2. The zero-order chi connectivity index (χ0) is 15.4. The van der Waals surface area contributed by atoms with Gasteiger partial charge in [-0.25, -0.2) is 4.39 Å². The predicted octanol–water partition coefficient (Wildman–Crippen LogP) is 0.696. The lowest BCUT2D eigenvalue weighted by atomic mass is 10.1. The zero-order valence-corrected chi connectivity index (χ0v) is 12.7. The first-order valence-electron chi connectivity index (χ1n) is 7.01. The van der Waals surface area contributed by atoms with Gasteiger partial charge < -0.3 is 15.0 Å². The number of likely N-dealkylation sites (N-methyl/N-ethyl adjacent to an activating group) is 1. The number of carbonyl (C=O) groups is 1. The van der Waals surface area contributed by atoms with E-state index in [1.54, 1.807) is 32.2 Å². The van der Waals surface area contributed by atoms with Gasteiger partial charge in [0.05, 0.1) is 7.11 Å². The molecule has 6 heteroatoms. The second kappa shape index (κ2) is 6.87. The molecule has 1 saturated heterocycles. The summed E-state index contributed by atoms with van der Waals surface area (Å²) < 4.78 is 18.7. The Morgan fingerprint density at radius 1 is 1.52 bits per heavy atom. The van der Waals surface area contributed by atoms with Gasteiger partial charge in [0.1, 0.15) is 17.6 Å². The van der Waals surface area contributed by atoms with E-state index >= 15 is 0 Å². The molecule has 1 aromatic carbocycles. The van der Waals surface area contributed by atoms with Crippen LogP contribution in [0, 0.1) is 5.82 Å². The molecule has 0 aliphatic carbocycles. The van der Waals surface area contributed by atoms with Crippen LogP contribution in [0.2, 0.25) is 0 Å². The van der Waals surface area contributed by atoms with Crippen molar-refractivity contribution in [1.29, 1.82) is 0 Å². The summed E-state index contributed by atoms with van der Waals surface area (Å²) in [6.07, 6.45) is 0. The average Bonchev–Trinajstić information content (AvgIpc) is 2.47. The molecule has 1 N–H and O–H groups in total. The van der Waals surface area contributed by atoms with Crippen molar-refractivity contribution in [2.24, 2.45) is 0 Å². The van der Waals surface area contributed by atoms with Crippen molar-refractivity contribution >= 4 is 5.91 Å². The van der Waals surface area contributed by atoms with Gasteiger partial charge in [-0.3, -0.25) is 9.69 Å². The molecule has 116 valence electrons. The smallest absolute Gasteiger partial charge is 0.240 e. The lowest BCUT2D eigenvalue weighted by Crippen LogP contribution is -2.57. The molecule has 0 aromatic heterocycles. The Morgan fingerprint density at radius 2 is 2.29 bits per heavy atom. The lowest BCUT2D eigenvalue weighted by Gasteiger charge is -2.36. The van der Waals surface area contributed by atoms with Crippen molar-refractivity contribution in [2.75, 3.05) is 40.8 Å². The van der Waals surface area contributed by atoms with Crippen molar-refractivity contribution in [3.8, 4) is 5.75 Å². The summed E-state index contributed by atoms with van der Waals surface area (Å²) in [6.45, 7) is 2.65. The van der Waals surface area contributed by atoms with Crippen LogP contribution in [0.4, 0.5) is 4.39 Å². The fourth-order valence-corrected chi connectivity index (χ4v) is 2.57. The predicted molar refractivity (Wildman–Crippen MR) is 78.7 cm³/mol. The van der Waals surface area contributed by atoms with Gasteiger partial charge in [-0.15, -0.1) is 0 Å². The van der Waals surface area contributed by atoms with Crippen LogP contribution in [0.1, 0.15) is 5.56 Å². The minimum absolute atomic E-state index is 0.0533. The van der Waals surface area contributed by atoms with E-state index < -0.39 is 0 Å². The third kappa shape index (κ3) is 3.71. The number of halogens is 1. The molecule has 5 nitrogen and oxygen atoms in total. The van der Waals surface area contributed by atoms with Crippen LogP contribution >= 0.6 is 0 Å². The second-order valence-corrected chi connectivity index (χ2v) is 5.38. The molecule has 1 fully saturated rings. The van der Waals surface area contributed by atoms with E-state index in [9.17, 15) is 9.18 Å². The third-order valence-corrected chi connectivity index (χ3v) is 3.70. The third-order valence-electron chi connectivity index (χ3n) is 3.70. The summed E-state index contributed by atoms with van der Waals surface area (Å²) in [5.41, 5.74) is 0.760.